The average Bonchev–Trinajstić information content (AvgIpc) is 2.29. The smallest absolute Gasteiger partial charge is 0.333 e. The van der Waals surface area contributed by atoms with Crippen molar-refractivity contribution >= 4 is 6.09 Å². The summed E-state index contributed by atoms with van der Waals surface area (Å²) in [5, 5.41) is 8.22. The van der Waals surface area contributed by atoms with E-state index in [2.05, 4.69) is 14.7 Å². The maximum atomic E-state index is 11.2. The van der Waals surface area contributed by atoms with Crippen molar-refractivity contribution in [1.82, 2.24) is 14.9 Å². The molecule has 6 heteroatoms. The second-order valence-corrected chi connectivity index (χ2v) is 3.13. The quantitative estimate of drug-likeness (QED) is 0.573. The predicted molar refractivity (Wildman–Crippen MR) is 48.2 cm³/mol. The Bertz CT molecular complexity index is 426. The molecule has 0 atom stereocenters. The van der Waals surface area contributed by atoms with Crippen LogP contribution in [0.3, 0.4) is 0 Å². The monoisotopic (exact) mass is 204 g/mol. The number of nitriles is 1. The van der Waals surface area contributed by atoms with Crippen LogP contribution < -0.4 is 0 Å². The number of amides is 1. The van der Waals surface area contributed by atoms with Gasteiger partial charge in [-0.15, -0.1) is 5.26 Å². The lowest BCUT2D eigenvalue weighted by Crippen LogP contribution is -2.36. The molecule has 0 saturated carbocycles. The zero-order chi connectivity index (χ0) is 10.7. The number of fused-ring (bicyclic) bond motifs is 1. The summed E-state index contributed by atoms with van der Waals surface area (Å²) in [5.74, 6) is 0. The summed E-state index contributed by atoms with van der Waals surface area (Å²) >= 11 is 0. The van der Waals surface area contributed by atoms with Crippen LogP contribution in [-0.2, 0) is 17.7 Å². The SMILES string of the molecule is N#COC(=O)N1CCc2ncncc2C1. The zero-order valence-corrected chi connectivity index (χ0v) is 7.88. The number of carbonyl (C=O) groups is 1. The molecule has 1 amide bonds. The van der Waals surface area contributed by atoms with E-state index in [9.17, 15) is 4.79 Å². The number of hydrogen-bond acceptors (Lipinski definition) is 5. The highest BCUT2D eigenvalue weighted by Gasteiger charge is 2.22. The van der Waals surface area contributed by atoms with Gasteiger partial charge in [-0.25, -0.2) is 14.8 Å². The van der Waals surface area contributed by atoms with Gasteiger partial charge in [0, 0.05) is 24.7 Å². The van der Waals surface area contributed by atoms with Gasteiger partial charge < -0.3 is 9.64 Å². The van der Waals surface area contributed by atoms with Gasteiger partial charge in [0.05, 0.1) is 12.2 Å². The van der Waals surface area contributed by atoms with Crippen LogP contribution in [0.25, 0.3) is 0 Å². The topological polar surface area (TPSA) is 79.1 Å². The number of rotatable bonds is 0. The molecule has 1 aromatic rings. The fourth-order valence-corrected chi connectivity index (χ4v) is 1.53. The van der Waals surface area contributed by atoms with Gasteiger partial charge in [-0.3, -0.25) is 0 Å². The zero-order valence-electron chi connectivity index (χ0n) is 7.88. The Morgan fingerprint density at radius 2 is 2.53 bits per heavy atom. The molecule has 1 aromatic heterocycles. The second-order valence-electron chi connectivity index (χ2n) is 3.13. The van der Waals surface area contributed by atoms with Gasteiger partial charge >= 0.3 is 6.09 Å². The highest BCUT2D eigenvalue weighted by atomic mass is 16.5. The number of ether oxygens (including phenoxy) is 1. The Labute approximate surface area is 86.1 Å². The molecule has 15 heavy (non-hydrogen) atoms. The summed E-state index contributed by atoms with van der Waals surface area (Å²) in [6.45, 7) is 0.918. The number of aromatic nitrogens is 2. The van der Waals surface area contributed by atoms with E-state index in [1.54, 1.807) is 6.20 Å². The standard InChI is InChI=1S/C9H8N4O2/c10-5-15-9(14)13-2-1-8-7(4-13)3-11-6-12-8/h3,6H,1-2,4H2. The Balaban J connectivity index is 2.12. The van der Waals surface area contributed by atoms with Crippen molar-refractivity contribution in [2.45, 2.75) is 13.0 Å². The first kappa shape index (κ1) is 9.40. The first-order valence-corrected chi connectivity index (χ1v) is 4.44. The van der Waals surface area contributed by atoms with E-state index >= 15 is 0 Å². The lowest BCUT2D eigenvalue weighted by atomic mass is 10.1. The van der Waals surface area contributed by atoms with E-state index in [0.717, 1.165) is 11.3 Å². The first-order chi connectivity index (χ1) is 7.31. The molecule has 2 heterocycles. The Kier molecular flexibility index (Phi) is 2.46. The second kappa shape index (κ2) is 3.92. The normalized spacial score (nSPS) is 13.9. The molecule has 2 rings (SSSR count). The van der Waals surface area contributed by atoms with Crippen molar-refractivity contribution in [1.29, 1.82) is 5.26 Å². The molecular weight excluding hydrogens is 196 g/mol. The third-order valence-corrected chi connectivity index (χ3v) is 2.25. The molecule has 1 aliphatic heterocycles. The van der Waals surface area contributed by atoms with Gasteiger partial charge in [-0.2, -0.15) is 0 Å². The lowest BCUT2D eigenvalue weighted by Gasteiger charge is -2.25. The summed E-state index contributed by atoms with van der Waals surface area (Å²) < 4.78 is 4.25. The first-order valence-electron chi connectivity index (χ1n) is 4.44. The van der Waals surface area contributed by atoms with Crippen molar-refractivity contribution in [3.8, 4) is 6.26 Å². The van der Waals surface area contributed by atoms with E-state index in [1.165, 1.54) is 17.5 Å². The van der Waals surface area contributed by atoms with Crippen LogP contribution in [0.4, 0.5) is 4.79 Å². The molecule has 0 aliphatic carbocycles. The van der Waals surface area contributed by atoms with E-state index in [-0.39, 0.29) is 0 Å². The minimum atomic E-state index is -0.619. The maximum absolute atomic E-state index is 11.2. The Morgan fingerprint density at radius 3 is 3.33 bits per heavy atom. The molecule has 0 bridgehead atoms. The molecule has 0 spiro atoms. The van der Waals surface area contributed by atoms with Gasteiger partial charge in [0.15, 0.2) is 0 Å². The number of carbonyl (C=O) groups excluding carboxylic acids is 1. The van der Waals surface area contributed by atoms with Gasteiger partial charge in [-0.05, 0) is 0 Å². The molecule has 0 aromatic carbocycles. The van der Waals surface area contributed by atoms with Crippen LogP contribution in [0, 0.1) is 11.5 Å². The lowest BCUT2D eigenvalue weighted by molar-refractivity contribution is 0.136. The van der Waals surface area contributed by atoms with Crippen LogP contribution >= 0.6 is 0 Å². The van der Waals surface area contributed by atoms with Crippen LogP contribution in [0.2, 0.25) is 0 Å². The van der Waals surface area contributed by atoms with E-state index in [1.807, 2.05) is 0 Å². The van der Waals surface area contributed by atoms with Gasteiger partial charge in [0.2, 0.25) is 0 Å². The summed E-state index contributed by atoms with van der Waals surface area (Å²) in [6, 6.07) is 0. The molecule has 76 valence electrons. The van der Waals surface area contributed by atoms with E-state index < -0.39 is 6.09 Å². The van der Waals surface area contributed by atoms with Crippen molar-refractivity contribution in [2.75, 3.05) is 6.54 Å². The van der Waals surface area contributed by atoms with Crippen LogP contribution in [-0.4, -0.2) is 27.5 Å². The van der Waals surface area contributed by atoms with Crippen LogP contribution in [0.15, 0.2) is 12.5 Å². The van der Waals surface area contributed by atoms with Crippen molar-refractivity contribution in [3.63, 3.8) is 0 Å². The molecule has 0 unspecified atom stereocenters. The number of nitrogens with zero attached hydrogens (tertiary/aromatic N) is 4. The average molecular weight is 204 g/mol. The van der Waals surface area contributed by atoms with E-state index in [4.69, 9.17) is 5.26 Å². The van der Waals surface area contributed by atoms with Crippen molar-refractivity contribution in [2.24, 2.45) is 0 Å². The Morgan fingerprint density at radius 1 is 1.67 bits per heavy atom. The third kappa shape index (κ3) is 1.86. The van der Waals surface area contributed by atoms with Gasteiger partial charge in [0.25, 0.3) is 6.26 Å². The number of hydrogen-bond donors (Lipinski definition) is 0. The molecule has 0 fully saturated rings. The highest BCUT2D eigenvalue weighted by Crippen LogP contribution is 2.15. The Hall–Kier alpha value is -2.16. The minimum Gasteiger partial charge on any atom is -0.333 e. The minimum absolute atomic E-state index is 0.399. The van der Waals surface area contributed by atoms with Crippen LogP contribution in [0.1, 0.15) is 11.3 Å². The summed E-state index contributed by atoms with van der Waals surface area (Å²) in [5.41, 5.74) is 1.85. The fraction of sp³-hybridized carbons (Fsp3) is 0.333. The largest absolute Gasteiger partial charge is 0.425 e. The molecule has 1 aliphatic rings. The van der Waals surface area contributed by atoms with Gasteiger partial charge in [-0.1, -0.05) is 0 Å². The van der Waals surface area contributed by atoms with E-state index in [0.29, 0.717) is 19.5 Å². The highest BCUT2D eigenvalue weighted by molar-refractivity contribution is 5.68. The van der Waals surface area contributed by atoms with Gasteiger partial charge in [0.1, 0.15) is 6.33 Å². The van der Waals surface area contributed by atoms with Crippen molar-refractivity contribution in [3.05, 3.63) is 23.8 Å². The molecular formula is C9H8N4O2. The van der Waals surface area contributed by atoms with Crippen LogP contribution in [0.5, 0.6) is 0 Å². The van der Waals surface area contributed by atoms with Crippen molar-refractivity contribution < 1.29 is 9.53 Å². The molecule has 0 radical (unpaired) electrons. The molecule has 6 nitrogen and oxygen atoms in total. The summed E-state index contributed by atoms with van der Waals surface area (Å²) in [6.07, 6.45) is 4.58. The molecule has 0 N–H and O–H groups in total. The summed E-state index contributed by atoms with van der Waals surface area (Å²) in [4.78, 5) is 20.7. The fourth-order valence-electron chi connectivity index (χ4n) is 1.53. The third-order valence-electron chi connectivity index (χ3n) is 2.25. The molecule has 0 saturated heterocycles. The summed E-state index contributed by atoms with van der Waals surface area (Å²) in [7, 11) is 0. The predicted octanol–water partition coefficient (Wildman–Crippen LogP) is 0.452. The maximum Gasteiger partial charge on any atom is 0.425 e.